The highest BCUT2D eigenvalue weighted by molar-refractivity contribution is 6.49. The zero-order valence-electron chi connectivity index (χ0n) is 16.6. The highest BCUT2D eigenvalue weighted by Gasteiger charge is 2.36. The number of urea groups is 1. The second-order valence-electron chi connectivity index (χ2n) is 7.35. The highest BCUT2D eigenvalue weighted by Crippen LogP contribution is 2.32. The molecule has 6 nitrogen and oxygen atoms in total. The van der Waals surface area contributed by atoms with E-state index in [1.807, 2.05) is 0 Å². The van der Waals surface area contributed by atoms with E-state index < -0.39 is 23.6 Å². The molecule has 0 atom stereocenters. The average Bonchev–Trinajstić information content (AvgIpc) is 2.78. The molecule has 0 spiro atoms. The number of allylic oxidation sites excluding steroid dienone is 2. The summed E-state index contributed by atoms with van der Waals surface area (Å²) in [7, 11) is 0. The van der Waals surface area contributed by atoms with Crippen molar-refractivity contribution in [2.75, 3.05) is 31.5 Å². The summed E-state index contributed by atoms with van der Waals surface area (Å²) in [6.45, 7) is 0.870. The molecule has 1 fully saturated rings. The van der Waals surface area contributed by atoms with Gasteiger partial charge in [0.2, 0.25) is 11.6 Å². The molecule has 0 aromatic heterocycles. The van der Waals surface area contributed by atoms with Gasteiger partial charge in [0.15, 0.2) is 0 Å². The van der Waals surface area contributed by atoms with Gasteiger partial charge in [-0.25, -0.2) is 4.79 Å². The predicted octanol–water partition coefficient (Wildman–Crippen LogP) is 4.38. The molecule has 1 N–H and O–H groups in total. The number of nitrogens with zero attached hydrogens (tertiary/aromatic N) is 2. The largest absolute Gasteiger partial charge is 0.416 e. The first-order valence-corrected chi connectivity index (χ1v) is 10.1. The molecule has 1 saturated heterocycles. The summed E-state index contributed by atoms with van der Waals surface area (Å²) in [5.41, 5.74) is -0.189. The van der Waals surface area contributed by atoms with Crippen molar-refractivity contribution in [2.24, 2.45) is 0 Å². The van der Waals surface area contributed by atoms with Gasteiger partial charge in [-0.2, -0.15) is 13.2 Å². The summed E-state index contributed by atoms with van der Waals surface area (Å²) in [6.07, 6.45) is -4.51. The van der Waals surface area contributed by atoms with Gasteiger partial charge in [0, 0.05) is 43.0 Å². The maximum atomic E-state index is 12.9. The number of rotatable bonds is 2. The first-order valence-electron chi connectivity index (χ1n) is 9.73. The van der Waals surface area contributed by atoms with E-state index in [2.05, 4.69) is 5.32 Å². The van der Waals surface area contributed by atoms with Crippen LogP contribution in [-0.2, 0) is 6.18 Å². The van der Waals surface area contributed by atoms with Crippen LogP contribution in [-0.4, -0.2) is 53.6 Å². The van der Waals surface area contributed by atoms with Crippen LogP contribution in [0.2, 0.25) is 0 Å². The fourth-order valence-electron chi connectivity index (χ4n) is 3.72. The number of alkyl halides is 3. The Morgan fingerprint density at radius 2 is 1.53 bits per heavy atom. The normalized spacial score (nSPS) is 16.9. The minimum Gasteiger partial charge on any atom is -0.363 e. The lowest BCUT2D eigenvalue weighted by Crippen LogP contribution is -2.51. The molecule has 4 rings (SSSR count). The molecule has 166 valence electrons. The third kappa shape index (κ3) is 4.08. The molecule has 10 heteroatoms. The maximum Gasteiger partial charge on any atom is 0.416 e. The fourth-order valence-corrected chi connectivity index (χ4v) is 4.03. The molecule has 1 heterocycles. The lowest BCUT2D eigenvalue weighted by molar-refractivity contribution is -0.137. The minimum absolute atomic E-state index is 0.0302. The summed E-state index contributed by atoms with van der Waals surface area (Å²) >= 11 is 6.23. The molecule has 0 radical (unpaired) electrons. The summed E-state index contributed by atoms with van der Waals surface area (Å²) in [5, 5.41) is 2.31. The van der Waals surface area contributed by atoms with Crippen molar-refractivity contribution >= 4 is 34.9 Å². The SMILES string of the molecule is O=C1C(Cl)=C(N2CCN(C(=O)Nc3cccc(C(F)(F)F)c3)CC2)C(=O)c2ccccc21. The molecule has 2 aromatic rings. The highest BCUT2D eigenvalue weighted by atomic mass is 35.5. The van der Waals surface area contributed by atoms with Gasteiger partial charge < -0.3 is 15.1 Å². The number of ketones is 2. The number of carbonyl (C=O) groups excluding carboxylic acids is 3. The number of hydrogen-bond donors (Lipinski definition) is 1. The molecular formula is C22H17ClF3N3O3. The van der Waals surface area contributed by atoms with Crippen LogP contribution < -0.4 is 5.32 Å². The van der Waals surface area contributed by atoms with Crippen LogP contribution in [0.15, 0.2) is 59.3 Å². The number of anilines is 1. The summed E-state index contributed by atoms with van der Waals surface area (Å²) < 4.78 is 38.6. The molecule has 2 aromatic carbocycles. The number of benzene rings is 2. The second-order valence-corrected chi connectivity index (χ2v) is 7.73. The zero-order chi connectivity index (χ0) is 23.0. The number of carbonyl (C=O) groups is 3. The molecule has 0 bridgehead atoms. The Kier molecular flexibility index (Phi) is 5.68. The third-order valence-corrected chi connectivity index (χ3v) is 5.71. The minimum atomic E-state index is -4.51. The summed E-state index contributed by atoms with van der Waals surface area (Å²) in [6, 6.07) is 10.3. The van der Waals surface area contributed by atoms with E-state index in [1.54, 1.807) is 29.2 Å². The molecule has 1 aliphatic heterocycles. The van der Waals surface area contributed by atoms with Crippen molar-refractivity contribution in [1.29, 1.82) is 0 Å². The number of nitrogens with one attached hydrogen (secondary N) is 1. The number of halogens is 4. The van der Waals surface area contributed by atoms with E-state index in [0.717, 1.165) is 12.1 Å². The van der Waals surface area contributed by atoms with Crippen molar-refractivity contribution in [3.63, 3.8) is 0 Å². The zero-order valence-corrected chi connectivity index (χ0v) is 17.3. The van der Waals surface area contributed by atoms with Crippen molar-refractivity contribution in [3.05, 3.63) is 76.0 Å². The molecule has 32 heavy (non-hydrogen) atoms. The van der Waals surface area contributed by atoms with Gasteiger partial charge >= 0.3 is 12.2 Å². The van der Waals surface area contributed by atoms with Gasteiger partial charge in [0.25, 0.3) is 0 Å². The van der Waals surface area contributed by atoms with E-state index in [9.17, 15) is 27.6 Å². The lowest BCUT2D eigenvalue weighted by Gasteiger charge is -2.38. The number of amides is 2. The van der Waals surface area contributed by atoms with Crippen LogP contribution in [0.1, 0.15) is 26.3 Å². The Morgan fingerprint density at radius 3 is 2.16 bits per heavy atom. The molecule has 0 saturated carbocycles. The third-order valence-electron chi connectivity index (χ3n) is 5.36. The summed E-state index contributed by atoms with van der Waals surface area (Å²) in [4.78, 5) is 41.1. The van der Waals surface area contributed by atoms with E-state index in [0.29, 0.717) is 0 Å². The van der Waals surface area contributed by atoms with Crippen LogP contribution in [0.5, 0.6) is 0 Å². The van der Waals surface area contributed by atoms with E-state index in [1.165, 1.54) is 17.0 Å². The molecule has 2 aliphatic rings. The van der Waals surface area contributed by atoms with Crippen LogP contribution in [0.3, 0.4) is 0 Å². The Labute approximate surface area is 186 Å². The number of hydrogen-bond acceptors (Lipinski definition) is 4. The molecular weight excluding hydrogens is 447 g/mol. The van der Waals surface area contributed by atoms with E-state index >= 15 is 0 Å². The van der Waals surface area contributed by atoms with Crippen molar-refractivity contribution in [1.82, 2.24) is 9.80 Å². The molecule has 0 unspecified atom stereocenters. The van der Waals surface area contributed by atoms with Crippen LogP contribution >= 0.6 is 11.6 Å². The standard InChI is InChI=1S/C22H17ClF3N3O3/c23-17-18(20(31)16-7-2-1-6-15(16)19(17)30)28-8-10-29(11-9-28)21(32)27-14-5-3-4-13(12-14)22(24,25)26/h1-7,12H,8-11H2,(H,27,32). The average molecular weight is 464 g/mol. The van der Waals surface area contributed by atoms with Gasteiger partial charge in [-0.3, -0.25) is 9.59 Å². The van der Waals surface area contributed by atoms with Gasteiger partial charge in [-0.1, -0.05) is 41.9 Å². The Balaban J connectivity index is 1.43. The van der Waals surface area contributed by atoms with Crippen molar-refractivity contribution in [2.45, 2.75) is 6.18 Å². The van der Waals surface area contributed by atoms with Gasteiger partial charge in [-0.05, 0) is 18.2 Å². The Bertz CT molecular complexity index is 1140. The predicted molar refractivity (Wildman–Crippen MR) is 112 cm³/mol. The molecule has 1 aliphatic carbocycles. The number of Topliss-reactive ketones (excluding diaryl/α,β-unsaturated/α-hetero) is 2. The van der Waals surface area contributed by atoms with Crippen molar-refractivity contribution in [3.8, 4) is 0 Å². The maximum absolute atomic E-state index is 12.9. The fraction of sp³-hybridized carbons (Fsp3) is 0.227. The first kappa shape index (κ1) is 21.9. The topological polar surface area (TPSA) is 69.7 Å². The van der Waals surface area contributed by atoms with Gasteiger partial charge in [0.05, 0.1) is 5.56 Å². The Morgan fingerprint density at radius 1 is 0.906 bits per heavy atom. The van der Waals surface area contributed by atoms with Crippen molar-refractivity contribution < 1.29 is 27.6 Å². The van der Waals surface area contributed by atoms with Crippen LogP contribution in [0, 0.1) is 0 Å². The number of fused-ring (bicyclic) bond motifs is 1. The van der Waals surface area contributed by atoms with Gasteiger partial charge in [-0.15, -0.1) is 0 Å². The lowest BCUT2D eigenvalue weighted by atomic mass is 9.91. The van der Waals surface area contributed by atoms with Gasteiger partial charge in [0.1, 0.15) is 10.7 Å². The van der Waals surface area contributed by atoms with E-state index in [4.69, 9.17) is 11.6 Å². The van der Waals surface area contributed by atoms with Crippen LogP contribution in [0.4, 0.5) is 23.7 Å². The van der Waals surface area contributed by atoms with Crippen LogP contribution in [0.25, 0.3) is 0 Å². The number of piperazine rings is 1. The first-order chi connectivity index (χ1) is 15.2. The Hall–Kier alpha value is -3.33. The molecule has 2 amide bonds. The quantitative estimate of drug-likeness (QED) is 0.717. The monoisotopic (exact) mass is 463 g/mol. The summed E-state index contributed by atoms with van der Waals surface area (Å²) in [5.74, 6) is -0.784. The smallest absolute Gasteiger partial charge is 0.363 e. The van der Waals surface area contributed by atoms with E-state index in [-0.39, 0.29) is 59.5 Å². The second kappa shape index (κ2) is 8.31.